The second-order valence-electron chi connectivity index (χ2n) is 3.02. The molecule has 84 valence electrons. The van der Waals surface area contributed by atoms with E-state index in [-0.39, 0.29) is 6.54 Å². The molecule has 0 aromatic heterocycles. The Balaban J connectivity index is 2.58. The minimum absolute atomic E-state index is 0.263. The third-order valence-electron chi connectivity index (χ3n) is 1.79. The molecule has 0 aliphatic heterocycles. The fraction of sp³-hybridized carbons (Fsp3) is 0.333. The zero-order valence-corrected chi connectivity index (χ0v) is 8.51. The van der Waals surface area contributed by atoms with Crippen molar-refractivity contribution in [2.24, 2.45) is 0 Å². The van der Waals surface area contributed by atoms with Gasteiger partial charge in [-0.05, 0) is 18.2 Å². The highest BCUT2D eigenvalue weighted by Crippen LogP contribution is 2.24. The molecular weight excluding hydrogens is 226 g/mol. The summed E-state index contributed by atoms with van der Waals surface area (Å²) in [7, 11) is 0. The van der Waals surface area contributed by atoms with Crippen LogP contribution in [0.1, 0.15) is 0 Å². The lowest BCUT2D eigenvalue weighted by molar-refractivity contribution is 0.00385. The predicted molar refractivity (Wildman–Crippen MR) is 56.4 cm³/mol. The number of benzene rings is 1. The van der Waals surface area contributed by atoms with Gasteiger partial charge in [-0.1, -0.05) is 11.6 Å². The highest BCUT2D eigenvalue weighted by molar-refractivity contribution is 6.33. The Kier molecular flexibility index (Phi) is 4.11. The van der Waals surface area contributed by atoms with Gasteiger partial charge >= 0.3 is 0 Å². The van der Waals surface area contributed by atoms with E-state index >= 15 is 0 Å². The van der Waals surface area contributed by atoms with Gasteiger partial charge in [0.05, 0.1) is 10.7 Å². The Morgan fingerprint density at radius 1 is 1.47 bits per heavy atom. The van der Waals surface area contributed by atoms with Gasteiger partial charge in [0.15, 0.2) is 0 Å². The van der Waals surface area contributed by atoms with Crippen molar-refractivity contribution >= 4 is 23.0 Å². The normalized spacial score (nSPS) is 12.9. The summed E-state index contributed by atoms with van der Waals surface area (Å²) < 4.78 is 23.9. The molecule has 0 aliphatic carbocycles. The van der Waals surface area contributed by atoms with Crippen molar-refractivity contribution in [1.29, 1.82) is 0 Å². The lowest BCUT2D eigenvalue weighted by Gasteiger charge is -2.12. The number of halogens is 3. The second-order valence-corrected chi connectivity index (χ2v) is 3.43. The van der Waals surface area contributed by atoms with E-state index in [2.05, 4.69) is 5.32 Å². The summed E-state index contributed by atoms with van der Waals surface area (Å²) >= 11 is 5.78. The first-order valence-electron chi connectivity index (χ1n) is 4.26. The number of alkyl halides is 2. The molecule has 6 heteroatoms. The molecule has 3 nitrogen and oxygen atoms in total. The SMILES string of the molecule is Nc1ccc(NCC(O)C(F)F)c(Cl)c1. The lowest BCUT2D eigenvalue weighted by Crippen LogP contribution is -2.26. The molecule has 0 fully saturated rings. The van der Waals surface area contributed by atoms with Crippen molar-refractivity contribution < 1.29 is 13.9 Å². The topological polar surface area (TPSA) is 58.3 Å². The number of nitrogens with two attached hydrogens (primary N) is 1. The molecule has 1 unspecified atom stereocenters. The summed E-state index contributed by atoms with van der Waals surface area (Å²) in [5, 5.41) is 11.8. The van der Waals surface area contributed by atoms with Crippen LogP contribution in [0.15, 0.2) is 18.2 Å². The fourth-order valence-electron chi connectivity index (χ4n) is 0.978. The first-order chi connectivity index (χ1) is 7.00. The molecule has 0 spiro atoms. The number of hydrogen-bond acceptors (Lipinski definition) is 3. The number of aliphatic hydroxyl groups is 1. The second kappa shape index (κ2) is 5.14. The van der Waals surface area contributed by atoms with Crippen LogP contribution in [-0.4, -0.2) is 24.2 Å². The van der Waals surface area contributed by atoms with Crippen LogP contribution in [0, 0.1) is 0 Å². The summed E-state index contributed by atoms with van der Waals surface area (Å²) in [5.41, 5.74) is 6.40. The zero-order chi connectivity index (χ0) is 11.4. The molecule has 0 amide bonds. The monoisotopic (exact) mass is 236 g/mol. The molecule has 0 bridgehead atoms. The van der Waals surface area contributed by atoms with Crippen molar-refractivity contribution in [1.82, 2.24) is 0 Å². The minimum atomic E-state index is -2.77. The number of aliphatic hydroxyl groups excluding tert-OH is 1. The lowest BCUT2D eigenvalue weighted by atomic mass is 10.2. The minimum Gasteiger partial charge on any atom is -0.399 e. The maximum Gasteiger partial charge on any atom is 0.265 e. The Hall–Kier alpha value is -1.07. The zero-order valence-electron chi connectivity index (χ0n) is 7.75. The summed E-state index contributed by atoms with van der Waals surface area (Å²) in [6.45, 7) is -0.263. The first-order valence-corrected chi connectivity index (χ1v) is 4.63. The number of rotatable bonds is 4. The number of anilines is 2. The molecule has 1 aromatic rings. The van der Waals surface area contributed by atoms with Gasteiger partial charge in [0, 0.05) is 12.2 Å². The summed E-state index contributed by atoms with van der Waals surface area (Å²) in [6.07, 6.45) is -4.48. The van der Waals surface area contributed by atoms with E-state index in [0.29, 0.717) is 16.4 Å². The molecule has 0 saturated carbocycles. The van der Waals surface area contributed by atoms with Gasteiger partial charge in [0.25, 0.3) is 6.43 Å². The van der Waals surface area contributed by atoms with Crippen molar-refractivity contribution in [2.75, 3.05) is 17.6 Å². The Morgan fingerprint density at radius 2 is 2.13 bits per heavy atom. The Labute approximate surface area is 90.8 Å². The van der Waals surface area contributed by atoms with E-state index < -0.39 is 12.5 Å². The van der Waals surface area contributed by atoms with E-state index in [1.54, 1.807) is 12.1 Å². The summed E-state index contributed by atoms with van der Waals surface area (Å²) in [6, 6.07) is 4.65. The molecule has 1 atom stereocenters. The van der Waals surface area contributed by atoms with Gasteiger partial charge in [0.2, 0.25) is 0 Å². The van der Waals surface area contributed by atoms with Crippen LogP contribution >= 0.6 is 11.6 Å². The predicted octanol–water partition coefficient (Wildman–Crippen LogP) is 1.96. The molecule has 1 aromatic carbocycles. The van der Waals surface area contributed by atoms with Gasteiger partial charge in [0.1, 0.15) is 6.10 Å². The number of nitrogens with one attached hydrogen (secondary N) is 1. The molecule has 0 saturated heterocycles. The molecular formula is C9H11ClF2N2O. The van der Waals surface area contributed by atoms with Gasteiger partial charge in [-0.15, -0.1) is 0 Å². The van der Waals surface area contributed by atoms with Crippen molar-refractivity contribution in [3.05, 3.63) is 23.2 Å². The van der Waals surface area contributed by atoms with Crippen LogP contribution in [0.4, 0.5) is 20.2 Å². The highest BCUT2D eigenvalue weighted by Gasteiger charge is 2.16. The third-order valence-corrected chi connectivity index (χ3v) is 2.10. The van der Waals surface area contributed by atoms with E-state index in [1.165, 1.54) is 6.07 Å². The first kappa shape index (κ1) is 12.0. The maximum atomic E-state index is 12.0. The molecule has 0 aliphatic rings. The maximum absolute atomic E-state index is 12.0. The Morgan fingerprint density at radius 3 is 2.67 bits per heavy atom. The van der Waals surface area contributed by atoms with E-state index in [0.717, 1.165) is 0 Å². The van der Waals surface area contributed by atoms with Crippen molar-refractivity contribution in [3.63, 3.8) is 0 Å². The van der Waals surface area contributed by atoms with Gasteiger partial charge < -0.3 is 16.2 Å². The average molecular weight is 237 g/mol. The van der Waals surface area contributed by atoms with Crippen molar-refractivity contribution in [3.8, 4) is 0 Å². The van der Waals surface area contributed by atoms with Gasteiger partial charge in [-0.25, -0.2) is 8.78 Å². The van der Waals surface area contributed by atoms with E-state index in [4.69, 9.17) is 22.4 Å². The summed E-state index contributed by atoms with van der Waals surface area (Å²) in [5.74, 6) is 0. The van der Waals surface area contributed by atoms with Crippen LogP contribution < -0.4 is 11.1 Å². The van der Waals surface area contributed by atoms with E-state index in [1.807, 2.05) is 0 Å². The Bertz CT molecular complexity index is 336. The smallest absolute Gasteiger partial charge is 0.265 e. The van der Waals surface area contributed by atoms with E-state index in [9.17, 15) is 8.78 Å². The average Bonchev–Trinajstić information content (AvgIpc) is 2.15. The van der Waals surface area contributed by atoms with Crippen molar-refractivity contribution in [2.45, 2.75) is 12.5 Å². The quantitative estimate of drug-likeness (QED) is 0.701. The van der Waals surface area contributed by atoms with Gasteiger partial charge in [-0.3, -0.25) is 0 Å². The standard InChI is InChI=1S/C9H11ClF2N2O/c10-6-3-5(13)1-2-7(6)14-4-8(15)9(11)12/h1-3,8-9,14-15H,4,13H2. The molecule has 4 N–H and O–H groups in total. The fourth-order valence-corrected chi connectivity index (χ4v) is 1.23. The number of hydrogen-bond donors (Lipinski definition) is 3. The number of nitrogen functional groups attached to an aromatic ring is 1. The van der Waals surface area contributed by atoms with Crippen LogP contribution in [0.25, 0.3) is 0 Å². The van der Waals surface area contributed by atoms with Gasteiger partial charge in [-0.2, -0.15) is 0 Å². The molecule has 0 radical (unpaired) electrons. The van der Waals surface area contributed by atoms with Crippen LogP contribution in [-0.2, 0) is 0 Å². The highest BCUT2D eigenvalue weighted by atomic mass is 35.5. The molecule has 1 rings (SSSR count). The third kappa shape index (κ3) is 3.53. The van der Waals surface area contributed by atoms with Crippen LogP contribution in [0.2, 0.25) is 5.02 Å². The molecule has 0 heterocycles. The van der Waals surface area contributed by atoms with Crippen LogP contribution in [0.5, 0.6) is 0 Å². The van der Waals surface area contributed by atoms with Crippen LogP contribution in [0.3, 0.4) is 0 Å². The molecule has 15 heavy (non-hydrogen) atoms. The largest absolute Gasteiger partial charge is 0.399 e. The summed E-state index contributed by atoms with van der Waals surface area (Å²) in [4.78, 5) is 0.